The first-order valence-corrected chi connectivity index (χ1v) is 18.2. The van der Waals surface area contributed by atoms with Gasteiger partial charge in [-0.05, 0) is 80.2 Å². The van der Waals surface area contributed by atoms with Crippen molar-refractivity contribution < 1.29 is 32.9 Å². The summed E-state index contributed by atoms with van der Waals surface area (Å²) in [6, 6.07) is 10.3. The summed E-state index contributed by atoms with van der Waals surface area (Å²) in [6.07, 6.45) is 2.17. The molecular weight excluding hydrogens is 635 g/mol. The number of benzene rings is 2. The maximum atomic E-state index is 15.4. The fourth-order valence-corrected chi connectivity index (χ4v) is 9.23. The lowest BCUT2D eigenvalue weighted by Gasteiger charge is -2.49. The van der Waals surface area contributed by atoms with Gasteiger partial charge in [-0.15, -0.1) is 10.8 Å². The van der Waals surface area contributed by atoms with E-state index in [1.54, 1.807) is 22.5 Å². The van der Waals surface area contributed by atoms with Crippen molar-refractivity contribution in [3.8, 4) is 0 Å². The second-order valence-electron chi connectivity index (χ2n) is 13.1. The molecule has 5 unspecified atom stereocenters. The smallest absolute Gasteiger partial charge is 0.405 e. The molecule has 0 aliphatic carbocycles. The third kappa shape index (κ3) is 8.33. The summed E-state index contributed by atoms with van der Waals surface area (Å²) in [7, 11) is -2.92. The minimum absolute atomic E-state index is 0.0379. The Morgan fingerprint density at radius 2 is 1.93 bits per heavy atom. The average Bonchev–Trinajstić information content (AvgIpc) is 3.13. The molecule has 46 heavy (non-hydrogen) atoms. The molecule has 5 rings (SSSR count). The van der Waals surface area contributed by atoms with Gasteiger partial charge in [0.25, 0.3) is 0 Å². The predicted molar refractivity (Wildman–Crippen MR) is 179 cm³/mol. The Bertz CT molecular complexity index is 1370. The lowest BCUT2D eigenvalue weighted by atomic mass is 9.74. The topological polar surface area (TPSA) is 143 Å². The quantitative estimate of drug-likeness (QED) is 0.171. The summed E-state index contributed by atoms with van der Waals surface area (Å²) in [5, 5.41) is 19.2. The maximum absolute atomic E-state index is 15.4. The van der Waals surface area contributed by atoms with Gasteiger partial charge in [-0.1, -0.05) is 43.6 Å². The van der Waals surface area contributed by atoms with Gasteiger partial charge in [0.2, 0.25) is 5.91 Å². The average molecular weight is 681 g/mol. The number of amides is 2. The Balaban J connectivity index is 1.40. The molecular formula is C33H46ClFN4O6S. The fourth-order valence-electron chi connectivity index (χ4n) is 7.24. The van der Waals surface area contributed by atoms with E-state index in [4.69, 9.17) is 16.3 Å². The Kier molecular flexibility index (Phi) is 11.5. The van der Waals surface area contributed by atoms with Crippen molar-refractivity contribution in [1.82, 2.24) is 14.9 Å². The third-order valence-corrected chi connectivity index (χ3v) is 12.0. The van der Waals surface area contributed by atoms with Crippen molar-refractivity contribution in [3.05, 3.63) is 64.4 Å². The summed E-state index contributed by atoms with van der Waals surface area (Å²) >= 11 is 6.19. The van der Waals surface area contributed by atoms with Crippen molar-refractivity contribution in [1.29, 1.82) is 0 Å². The zero-order valence-electron chi connectivity index (χ0n) is 26.3. The normalized spacial score (nSPS) is 28.0. The molecule has 0 aromatic heterocycles. The SMILES string of the molecule is CC(C)C1CC([C@H](c2ccc(Cl)cc2)[C@H](NC(=O)O)C(=O)Nc2cccc(F)c2CCC2CNC3CCCS(O)(O)N2C3)CCO1. The van der Waals surface area contributed by atoms with Crippen LogP contribution in [0.25, 0.3) is 0 Å². The highest BCUT2D eigenvalue weighted by Crippen LogP contribution is 2.49. The van der Waals surface area contributed by atoms with Crippen molar-refractivity contribution in [2.75, 3.05) is 30.8 Å². The number of ether oxygens (including phenoxy) is 1. The third-order valence-electron chi connectivity index (χ3n) is 9.68. The van der Waals surface area contributed by atoms with E-state index in [1.807, 2.05) is 12.1 Å². The van der Waals surface area contributed by atoms with Gasteiger partial charge in [-0.2, -0.15) is 0 Å². The molecule has 3 aliphatic rings. The number of hydrogen-bond donors (Lipinski definition) is 6. The van der Waals surface area contributed by atoms with Gasteiger partial charge in [-0.25, -0.2) is 13.5 Å². The number of piperazine rings is 1. The van der Waals surface area contributed by atoms with E-state index in [9.17, 15) is 23.8 Å². The largest absolute Gasteiger partial charge is 0.465 e. The molecule has 2 bridgehead atoms. The predicted octanol–water partition coefficient (Wildman–Crippen LogP) is 6.32. The number of fused-ring (bicyclic) bond motifs is 2. The van der Waals surface area contributed by atoms with E-state index in [-0.39, 0.29) is 47.7 Å². The minimum atomic E-state index is -2.92. The van der Waals surface area contributed by atoms with Crippen molar-refractivity contribution in [3.63, 3.8) is 0 Å². The number of carbonyl (C=O) groups excluding carboxylic acids is 1. The first-order chi connectivity index (χ1) is 21.9. The maximum Gasteiger partial charge on any atom is 0.405 e. The molecule has 3 aliphatic heterocycles. The zero-order chi connectivity index (χ0) is 33.0. The summed E-state index contributed by atoms with van der Waals surface area (Å²) in [5.74, 6) is -1.14. The second-order valence-corrected chi connectivity index (χ2v) is 15.7. The standard InChI is InChI=1S/C33H46ClFN4O6S/c1-20(2)29-17-22(14-15-45-29)30(21-8-10-23(34)11-9-21)31(38-33(41)42)32(40)37-28-7-3-6-27(35)26(28)13-12-25-18-36-24-5-4-16-46(43,44)39(25)19-24/h3,6-11,20,22,24-25,29-31,36,38,43-44H,4-5,12-19H2,1-2H3,(H,37,40)(H,41,42)/t22?,24?,25?,29?,30-,31-/m0/s1. The van der Waals surface area contributed by atoms with E-state index in [2.05, 4.69) is 29.8 Å². The van der Waals surface area contributed by atoms with Gasteiger partial charge in [0.05, 0.1) is 11.9 Å². The summed E-state index contributed by atoms with van der Waals surface area (Å²) < 4.78 is 44.9. The summed E-state index contributed by atoms with van der Waals surface area (Å²) in [6.45, 7) is 5.71. The molecule has 2 aromatic rings. The van der Waals surface area contributed by atoms with Gasteiger partial charge < -0.3 is 25.8 Å². The van der Waals surface area contributed by atoms with Gasteiger partial charge in [-0.3, -0.25) is 13.9 Å². The van der Waals surface area contributed by atoms with Crippen LogP contribution >= 0.6 is 22.4 Å². The monoisotopic (exact) mass is 680 g/mol. The van der Waals surface area contributed by atoms with E-state index in [0.29, 0.717) is 49.7 Å². The molecule has 254 valence electrons. The van der Waals surface area contributed by atoms with Crippen molar-refractivity contribution >= 4 is 40.1 Å². The molecule has 3 fully saturated rings. The van der Waals surface area contributed by atoms with Crippen LogP contribution in [0, 0.1) is 17.7 Å². The van der Waals surface area contributed by atoms with Crippen LogP contribution in [0.4, 0.5) is 14.9 Å². The first kappa shape index (κ1) is 34.9. The molecule has 0 spiro atoms. The zero-order valence-corrected chi connectivity index (χ0v) is 27.9. The first-order valence-electron chi connectivity index (χ1n) is 16.1. The number of nitrogens with zero attached hydrogens (tertiary/aromatic N) is 1. The van der Waals surface area contributed by atoms with Crippen LogP contribution in [0.3, 0.4) is 0 Å². The van der Waals surface area contributed by atoms with Crippen LogP contribution in [0.1, 0.15) is 63.0 Å². The van der Waals surface area contributed by atoms with Gasteiger partial charge in [0.15, 0.2) is 0 Å². The number of carbonyl (C=O) groups is 2. The minimum Gasteiger partial charge on any atom is -0.465 e. The number of carboxylic acid groups (broad SMARTS) is 1. The Hall–Kier alpha value is -2.45. The number of hydrogen-bond acceptors (Lipinski definition) is 7. The van der Waals surface area contributed by atoms with Crippen molar-refractivity contribution in [2.45, 2.75) is 82.5 Å². The molecule has 6 N–H and O–H groups in total. The molecule has 10 nitrogen and oxygen atoms in total. The molecule has 7 atom stereocenters. The summed E-state index contributed by atoms with van der Waals surface area (Å²) in [4.78, 5) is 26.3. The van der Waals surface area contributed by atoms with Crippen LogP contribution in [-0.2, 0) is 16.0 Å². The number of rotatable bonds is 10. The van der Waals surface area contributed by atoms with Gasteiger partial charge >= 0.3 is 6.09 Å². The lowest BCUT2D eigenvalue weighted by Crippen LogP contribution is -2.55. The Labute approximate surface area is 276 Å². The Morgan fingerprint density at radius 3 is 2.65 bits per heavy atom. The molecule has 0 saturated carbocycles. The fraction of sp³-hybridized carbons (Fsp3) is 0.576. The van der Waals surface area contributed by atoms with Crippen molar-refractivity contribution in [2.24, 2.45) is 11.8 Å². The molecule has 3 heterocycles. The number of halogens is 2. The molecule has 13 heteroatoms. The molecule has 2 amide bonds. The van der Waals surface area contributed by atoms with E-state index in [0.717, 1.165) is 18.4 Å². The number of nitrogens with one attached hydrogen (secondary N) is 3. The van der Waals surface area contributed by atoms with E-state index >= 15 is 4.39 Å². The highest BCUT2D eigenvalue weighted by Gasteiger charge is 2.41. The molecule has 0 radical (unpaired) electrons. The Morgan fingerprint density at radius 1 is 1.17 bits per heavy atom. The highest BCUT2D eigenvalue weighted by atomic mass is 35.5. The van der Waals surface area contributed by atoms with Crippen LogP contribution in [0.2, 0.25) is 5.02 Å². The number of anilines is 1. The lowest BCUT2D eigenvalue weighted by molar-refractivity contribution is -0.119. The van der Waals surface area contributed by atoms with E-state index < -0.39 is 40.6 Å². The van der Waals surface area contributed by atoms with Gasteiger partial charge in [0, 0.05) is 54.0 Å². The molecule has 3 saturated heterocycles. The second kappa shape index (κ2) is 15.2. The summed E-state index contributed by atoms with van der Waals surface area (Å²) in [5.41, 5.74) is 1.31. The molecule has 2 aromatic carbocycles. The van der Waals surface area contributed by atoms with Crippen LogP contribution < -0.4 is 16.0 Å². The van der Waals surface area contributed by atoms with Crippen LogP contribution in [0.5, 0.6) is 0 Å². The van der Waals surface area contributed by atoms with Gasteiger partial charge in [0.1, 0.15) is 11.9 Å². The van der Waals surface area contributed by atoms with E-state index in [1.165, 1.54) is 12.1 Å². The van der Waals surface area contributed by atoms with Crippen LogP contribution in [0.15, 0.2) is 42.5 Å². The van der Waals surface area contributed by atoms with Crippen LogP contribution in [-0.4, -0.2) is 80.2 Å². The highest BCUT2D eigenvalue weighted by molar-refractivity contribution is 8.22.